The van der Waals surface area contributed by atoms with Crippen molar-refractivity contribution in [2.24, 2.45) is 5.92 Å². The maximum absolute atomic E-state index is 11.2. The highest BCUT2D eigenvalue weighted by atomic mass is 32.3. The third kappa shape index (κ3) is 10.4. The van der Waals surface area contributed by atoms with Gasteiger partial charge in [0.25, 0.3) is 0 Å². The first kappa shape index (κ1) is 28.0. The van der Waals surface area contributed by atoms with E-state index in [1.807, 2.05) is 19.1 Å². The van der Waals surface area contributed by atoms with Crippen LogP contribution in [0.1, 0.15) is 71.8 Å². The molecule has 0 aliphatic heterocycles. The van der Waals surface area contributed by atoms with Gasteiger partial charge in [-0.15, -0.1) is 0 Å². The second-order valence-electron chi connectivity index (χ2n) is 9.51. The molecular formula is C24H46N2O4S. The van der Waals surface area contributed by atoms with Gasteiger partial charge in [-0.1, -0.05) is 58.9 Å². The van der Waals surface area contributed by atoms with Crippen molar-refractivity contribution in [3.63, 3.8) is 0 Å². The molecule has 0 fully saturated rings. The number of phenols is 1. The molecule has 182 valence electrons. The normalized spacial score (nSPS) is 17.7. The van der Waals surface area contributed by atoms with Gasteiger partial charge in [-0.2, -0.15) is 15.7 Å². The number of phenolic OH excluding ortho intramolecular Hbond substituents is 1. The second kappa shape index (κ2) is 13.5. The number of aryl methyl sites for hydroxylation is 1. The van der Waals surface area contributed by atoms with Crippen LogP contribution in [0, 0.1) is 5.92 Å². The van der Waals surface area contributed by atoms with E-state index < -0.39 is 15.8 Å². The zero-order valence-corrected chi connectivity index (χ0v) is 21.2. The van der Waals surface area contributed by atoms with Crippen LogP contribution in [0.25, 0.3) is 0 Å². The van der Waals surface area contributed by atoms with E-state index in [1.54, 1.807) is 13.2 Å². The Morgan fingerprint density at radius 1 is 1.16 bits per heavy atom. The molecule has 0 heterocycles. The van der Waals surface area contributed by atoms with E-state index in [4.69, 9.17) is 4.74 Å². The largest absolute Gasteiger partial charge is 0.504 e. The molecule has 0 amide bonds. The van der Waals surface area contributed by atoms with Gasteiger partial charge in [0.05, 0.1) is 18.9 Å². The van der Waals surface area contributed by atoms with Crippen molar-refractivity contribution >= 4 is 10.2 Å². The molecule has 7 heteroatoms. The predicted octanol–water partition coefficient (Wildman–Crippen LogP) is 4.95. The number of methoxy groups -OCH3 is 1. The minimum absolute atomic E-state index is 0.134. The number of aliphatic hydroxyl groups is 1. The summed E-state index contributed by atoms with van der Waals surface area (Å²) in [5.41, 5.74) is 2.73. The molecule has 0 bridgehead atoms. The van der Waals surface area contributed by atoms with E-state index >= 15 is 0 Å². The molecule has 3 unspecified atom stereocenters. The molecule has 1 aromatic carbocycles. The minimum atomic E-state index is -1.45. The fraction of sp³-hybridized carbons (Fsp3) is 0.750. The monoisotopic (exact) mass is 458 g/mol. The summed E-state index contributed by atoms with van der Waals surface area (Å²) >= 11 is 0. The molecule has 6 nitrogen and oxygen atoms in total. The van der Waals surface area contributed by atoms with Gasteiger partial charge < -0.3 is 20.2 Å². The molecule has 1 aromatic rings. The van der Waals surface area contributed by atoms with Gasteiger partial charge in [0.2, 0.25) is 0 Å². The maximum Gasteiger partial charge on any atom is 0.160 e. The molecule has 0 aliphatic rings. The minimum Gasteiger partial charge on any atom is -0.504 e. The standard InChI is InChI=1S/C24H46N2O4S/c1-7-8-9-10-11-15-24(4,28)18-31(6,26-23(25-29)19(2)3)16-14-20-12-13-21(27)22(17-20)30-5/h12-13,17,19,23,25-29H,7-11,14-16,18H2,1-6H3. The van der Waals surface area contributed by atoms with Gasteiger partial charge >= 0.3 is 0 Å². The van der Waals surface area contributed by atoms with Crippen molar-refractivity contribution in [3.8, 4) is 11.5 Å². The SMILES string of the molecule is CCCCCCCC(C)(O)CS(C)(CCc1ccc(O)c(OC)c1)NC(NO)C(C)C. The lowest BCUT2D eigenvalue weighted by Crippen LogP contribution is -2.49. The fourth-order valence-electron chi connectivity index (χ4n) is 3.88. The maximum atomic E-state index is 11.2. The molecule has 0 radical (unpaired) electrons. The van der Waals surface area contributed by atoms with Crippen LogP contribution in [-0.2, 0) is 6.42 Å². The molecule has 0 saturated carbocycles. The molecule has 0 aromatic heterocycles. The number of hydrogen-bond donors (Lipinski definition) is 5. The number of hydroxylamine groups is 1. The third-order valence-electron chi connectivity index (χ3n) is 5.75. The first-order chi connectivity index (χ1) is 14.6. The molecule has 0 spiro atoms. The molecule has 31 heavy (non-hydrogen) atoms. The molecule has 0 aliphatic carbocycles. The van der Waals surface area contributed by atoms with E-state index in [0.29, 0.717) is 11.5 Å². The van der Waals surface area contributed by atoms with Gasteiger partial charge in [-0.25, -0.2) is 0 Å². The van der Waals surface area contributed by atoms with Crippen molar-refractivity contribution in [1.82, 2.24) is 10.2 Å². The molecular weight excluding hydrogens is 412 g/mol. The number of benzene rings is 1. The summed E-state index contributed by atoms with van der Waals surface area (Å²) in [5.74, 6) is 2.31. The Morgan fingerprint density at radius 2 is 1.84 bits per heavy atom. The third-order valence-corrected chi connectivity index (χ3v) is 8.94. The summed E-state index contributed by atoms with van der Waals surface area (Å²) < 4.78 is 8.88. The average Bonchev–Trinajstić information content (AvgIpc) is 2.70. The van der Waals surface area contributed by atoms with E-state index in [1.165, 1.54) is 19.3 Å². The zero-order chi connectivity index (χ0) is 23.5. The molecule has 5 N–H and O–H groups in total. The first-order valence-electron chi connectivity index (χ1n) is 11.5. The lowest BCUT2D eigenvalue weighted by atomic mass is 10.00. The predicted molar refractivity (Wildman–Crippen MR) is 132 cm³/mol. The van der Waals surface area contributed by atoms with E-state index in [0.717, 1.165) is 37.0 Å². The van der Waals surface area contributed by atoms with Crippen molar-refractivity contribution in [2.75, 3.05) is 24.9 Å². The van der Waals surface area contributed by atoms with Gasteiger partial charge in [-0.05, 0) is 55.4 Å². The van der Waals surface area contributed by atoms with Gasteiger partial charge in [0, 0.05) is 5.75 Å². The van der Waals surface area contributed by atoms with Crippen LogP contribution in [0.5, 0.6) is 11.5 Å². The summed E-state index contributed by atoms with van der Waals surface area (Å²) in [7, 11) is 0.0951. The van der Waals surface area contributed by atoms with Crippen molar-refractivity contribution < 1.29 is 20.2 Å². The second-order valence-corrected chi connectivity index (χ2v) is 13.0. The average molecular weight is 459 g/mol. The van der Waals surface area contributed by atoms with E-state index in [-0.39, 0.29) is 17.8 Å². The van der Waals surface area contributed by atoms with Crippen molar-refractivity contribution in [1.29, 1.82) is 0 Å². The number of nitrogens with one attached hydrogen (secondary N) is 2. The van der Waals surface area contributed by atoms with Crippen molar-refractivity contribution in [2.45, 2.75) is 84.4 Å². The molecule has 3 atom stereocenters. The summed E-state index contributed by atoms with van der Waals surface area (Å²) in [6.07, 6.45) is 9.41. The van der Waals surface area contributed by atoms with Crippen LogP contribution in [0.3, 0.4) is 0 Å². The number of unbranched alkanes of at least 4 members (excludes halogenated alkanes) is 4. The summed E-state index contributed by atoms with van der Waals surface area (Å²) in [5, 5.41) is 30.7. The molecule has 1 rings (SSSR count). The summed E-state index contributed by atoms with van der Waals surface area (Å²) in [4.78, 5) is 0. The number of aromatic hydroxyl groups is 1. The van der Waals surface area contributed by atoms with Gasteiger partial charge in [-0.3, -0.25) is 4.72 Å². The van der Waals surface area contributed by atoms with Crippen LogP contribution >= 0.6 is 10.2 Å². The lowest BCUT2D eigenvalue weighted by Gasteiger charge is -2.45. The Kier molecular flexibility index (Phi) is 12.2. The van der Waals surface area contributed by atoms with Crippen molar-refractivity contribution in [3.05, 3.63) is 23.8 Å². The topological polar surface area (TPSA) is 94.0 Å². The Labute approximate surface area is 191 Å². The van der Waals surface area contributed by atoms with Crippen LogP contribution in [0.4, 0.5) is 0 Å². The quantitative estimate of drug-likeness (QED) is 0.137. The highest BCUT2D eigenvalue weighted by Crippen LogP contribution is 2.45. The number of ether oxygens (including phenoxy) is 1. The van der Waals surface area contributed by atoms with Crippen LogP contribution in [-0.4, -0.2) is 52.1 Å². The Hall–Kier alpha value is -0.990. The van der Waals surface area contributed by atoms with Gasteiger partial charge in [0.1, 0.15) is 0 Å². The van der Waals surface area contributed by atoms with Crippen LogP contribution in [0.15, 0.2) is 18.2 Å². The van der Waals surface area contributed by atoms with E-state index in [9.17, 15) is 15.4 Å². The Balaban J connectivity index is 2.90. The first-order valence-corrected chi connectivity index (χ1v) is 13.9. The zero-order valence-electron chi connectivity index (χ0n) is 20.4. The fourth-order valence-corrected chi connectivity index (χ4v) is 7.37. The summed E-state index contributed by atoms with van der Waals surface area (Å²) in [6, 6.07) is 5.44. The number of rotatable bonds is 16. The lowest BCUT2D eigenvalue weighted by molar-refractivity contribution is 0.0708. The molecule has 0 saturated heterocycles. The number of hydrogen-bond acceptors (Lipinski definition) is 6. The Bertz CT molecular complexity index is 642. The van der Waals surface area contributed by atoms with Crippen LogP contribution in [0.2, 0.25) is 0 Å². The Morgan fingerprint density at radius 3 is 2.42 bits per heavy atom. The van der Waals surface area contributed by atoms with Gasteiger partial charge in [0.15, 0.2) is 11.5 Å². The highest BCUT2D eigenvalue weighted by molar-refractivity contribution is 8.31. The van der Waals surface area contributed by atoms with E-state index in [2.05, 4.69) is 37.2 Å². The highest BCUT2D eigenvalue weighted by Gasteiger charge is 2.32. The summed E-state index contributed by atoms with van der Waals surface area (Å²) in [6.45, 7) is 8.26. The van der Waals surface area contributed by atoms with Crippen LogP contribution < -0.4 is 14.9 Å². The smallest absolute Gasteiger partial charge is 0.160 e.